The second-order valence-corrected chi connectivity index (χ2v) is 6.86. The Balaban J connectivity index is 1.88. The largest absolute Gasteiger partial charge is 0.360 e. The first-order chi connectivity index (χ1) is 7.46. The van der Waals surface area contributed by atoms with Crippen LogP contribution in [0.5, 0.6) is 0 Å². The summed E-state index contributed by atoms with van der Waals surface area (Å²) in [5.74, 6) is 0. The first-order valence-corrected chi connectivity index (χ1v) is 6.94. The van der Waals surface area contributed by atoms with Crippen molar-refractivity contribution >= 4 is 17.3 Å². The number of likely N-dealkylation sites (tertiary alicyclic amines) is 1. The van der Waals surface area contributed by atoms with Gasteiger partial charge in [0.25, 0.3) is 0 Å². The third-order valence-corrected chi connectivity index (χ3v) is 3.74. The molecule has 0 bridgehead atoms. The summed E-state index contributed by atoms with van der Waals surface area (Å²) in [4.78, 5) is 2.43. The molecule has 1 atom stereocenters. The van der Waals surface area contributed by atoms with Gasteiger partial charge in [0, 0.05) is 18.6 Å². The van der Waals surface area contributed by atoms with Crippen molar-refractivity contribution in [2.75, 3.05) is 6.54 Å². The van der Waals surface area contributed by atoms with E-state index < -0.39 is 0 Å². The predicted molar refractivity (Wildman–Crippen MR) is 72.6 cm³/mol. The Bertz CT molecular complexity index is 266. The molecule has 0 radical (unpaired) electrons. The Labute approximate surface area is 105 Å². The fraction of sp³-hybridized carbons (Fsp3) is 0.923. The standard InChI is InChI=1S/C13H24N2S/c1-13(2,3)9-11-5-4-8-15(11)12(16)14-10-6-7-10/h10-11H,4-9H2,1-3H3,(H,14,16)/t11-/m1/s1. The molecule has 2 nitrogen and oxygen atoms in total. The number of nitrogens with zero attached hydrogens (tertiary/aromatic N) is 1. The molecule has 1 N–H and O–H groups in total. The third kappa shape index (κ3) is 3.34. The lowest BCUT2D eigenvalue weighted by Crippen LogP contribution is -2.44. The van der Waals surface area contributed by atoms with Gasteiger partial charge in [0.05, 0.1) is 0 Å². The van der Waals surface area contributed by atoms with E-state index in [4.69, 9.17) is 12.2 Å². The summed E-state index contributed by atoms with van der Waals surface area (Å²) in [6.07, 6.45) is 6.46. The molecule has 0 unspecified atom stereocenters. The van der Waals surface area contributed by atoms with Crippen LogP contribution in [0.4, 0.5) is 0 Å². The van der Waals surface area contributed by atoms with Crippen LogP contribution in [0.3, 0.4) is 0 Å². The molecule has 0 aromatic rings. The number of hydrogen-bond donors (Lipinski definition) is 1. The van der Waals surface area contributed by atoms with Gasteiger partial charge in [-0.1, -0.05) is 20.8 Å². The number of nitrogens with one attached hydrogen (secondary N) is 1. The molecule has 1 saturated carbocycles. The normalized spacial score (nSPS) is 25.9. The minimum Gasteiger partial charge on any atom is -0.360 e. The van der Waals surface area contributed by atoms with Gasteiger partial charge in [0.1, 0.15) is 0 Å². The fourth-order valence-electron chi connectivity index (χ4n) is 2.51. The van der Waals surface area contributed by atoms with Crippen molar-refractivity contribution in [3.05, 3.63) is 0 Å². The van der Waals surface area contributed by atoms with Crippen LogP contribution in [0, 0.1) is 5.41 Å². The first-order valence-electron chi connectivity index (χ1n) is 6.53. The van der Waals surface area contributed by atoms with E-state index in [1.165, 1.54) is 32.1 Å². The quantitative estimate of drug-likeness (QED) is 0.747. The maximum atomic E-state index is 5.51. The Hall–Kier alpha value is -0.310. The van der Waals surface area contributed by atoms with Crippen LogP contribution in [-0.4, -0.2) is 28.6 Å². The maximum Gasteiger partial charge on any atom is 0.169 e. The zero-order chi connectivity index (χ0) is 11.8. The monoisotopic (exact) mass is 240 g/mol. The molecular formula is C13H24N2S. The first kappa shape index (κ1) is 12.2. The van der Waals surface area contributed by atoms with Crippen LogP contribution in [-0.2, 0) is 0 Å². The molecule has 92 valence electrons. The van der Waals surface area contributed by atoms with E-state index in [0.29, 0.717) is 17.5 Å². The smallest absolute Gasteiger partial charge is 0.169 e. The summed E-state index contributed by atoms with van der Waals surface area (Å²) in [7, 11) is 0. The minimum absolute atomic E-state index is 0.405. The molecule has 1 aliphatic heterocycles. The highest BCUT2D eigenvalue weighted by Gasteiger charge is 2.32. The van der Waals surface area contributed by atoms with Gasteiger partial charge in [-0.2, -0.15) is 0 Å². The average molecular weight is 240 g/mol. The van der Waals surface area contributed by atoms with Crippen LogP contribution in [0.2, 0.25) is 0 Å². The zero-order valence-corrected chi connectivity index (χ0v) is 11.6. The summed E-state index contributed by atoms with van der Waals surface area (Å²) < 4.78 is 0. The van der Waals surface area contributed by atoms with Gasteiger partial charge < -0.3 is 10.2 Å². The lowest BCUT2D eigenvalue weighted by atomic mass is 9.87. The minimum atomic E-state index is 0.405. The average Bonchev–Trinajstić information content (AvgIpc) is 2.82. The Kier molecular flexibility index (Phi) is 3.43. The molecule has 0 spiro atoms. The van der Waals surface area contributed by atoms with E-state index in [2.05, 4.69) is 31.0 Å². The molecule has 1 heterocycles. The van der Waals surface area contributed by atoms with Crippen molar-refractivity contribution in [3.8, 4) is 0 Å². The van der Waals surface area contributed by atoms with E-state index in [9.17, 15) is 0 Å². The molecular weight excluding hydrogens is 216 g/mol. The molecule has 2 fully saturated rings. The molecule has 3 heteroatoms. The Morgan fingerprint density at radius 2 is 2.00 bits per heavy atom. The second-order valence-electron chi connectivity index (χ2n) is 6.48. The highest BCUT2D eigenvalue weighted by atomic mass is 32.1. The van der Waals surface area contributed by atoms with Crippen molar-refractivity contribution < 1.29 is 0 Å². The van der Waals surface area contributed by atoms with Crippen LogP contribution in [0.15, 0.2) is 0 Å². The summed E-state index contributed by atoms with van der Waals surface area (Å²) in [5.41, 5.74) is 0.405. The third-order valence-electron chi connectivity index (χ3n) is 3.39. The van der Waals surface area contributed by atoms with Gasteiger partial charge in [0.15, 0.2) is 5.11 Å². The van der Waals surface area contributed by atoms with Gasteiger partial charge in [0.2, 0.25) is 0 Å². The van der Waals surface area contributed by atoms with Gasteiger partial charge in [-0.25, -0.2) is 0 Å². The number of thiocarbonyl (C=S) groups is 1. The Morgan fingerprint density at radius 3 is 2.56 bits per heavy atom. The molecule has 16 heavy (non-hydrogen) atoms. The maximum absolute atomic E-state index is 5.51. The second kappa shape index (κ2) is 4.52. The topological polar surface area (TPSA) is 15.3 Å². The molecule has 0 aromatic heterocycles. The van der Waals surface area contributed by atoms with Crippen LogP contribution in [0.25, 0.3) is 0 Å². The molecule has 1 saturated heterocycles. The van der Waals surface area contributed by atoms with Crippen LogP contribution < -0.4 is 5.32 Å². The van der Waals surface area contributed by atoms with Crippen molar-refractivity contribution in [2.24, 2.45) is 5.41 Å². The Morgan fingerprint density at radius 1 is 1.31 bits per heavy atom. The van der Waals surface area contributed by atoms with Crippen LogP contribution >= 0.6 is 12.2 Å². The molecule has 2 rings (SSSR count). The highest BCUT2D eigenvalue weighted by Crippen LogP contribution is 2.30. The molecule has 2 aliphatic rings. The summed E-state index contributed by atoms with van der Waals surface area (Å²) in [5, 5.41) is 4.48. The molecule has 0 aromatic carbocycles. The van der Waals surface area contributed by atoms with Gasteiger partial charge in [-0.05, 0) is 49.7 Å². The van der Waals surface area contributed by atoms with E-state index in [-0.39, 0.29) is 0 Å². The zero-order valence-electron chi connectivity index (χ0n) is 10.8. The van der Waals surface area contributed by atoms with Crippen molar-refractivity contribution in [1.82, 2.24) is 10.2 Å². The lowest BCUT2D eigenvalue weighted by Gasteiger charge is -2.32. The fourth-order valence-corrected chi connectivity index (χ4v) is 2.91. The lowest BCUT2D eigenvalue weighted by molar-refractivity contribution is 0.259. The van der Waals surface area contributed by atoms with Gasteiger partial charge >= 0.3 is 0 Å². The summed E-state index contributed by atoms with van der Waals surface area (Å²) in [6, 6.07) is 1.35. The van der Waals surface area contributed by atoms with E-state index in [1.807, 2.05) is 0 Å². The summed E-state index contributed by atoms with van der Waals surface area (Å²) in [6.45, 7) is 8.11. The predicted octanol–water partition coefficient (Wildman–Crippen LogP) is 2.92. The highest BCUT2D eigenvalue weighted by molar-refractivity contribution is 7.80. The molecule has 0 amide bonds. The SMILES string of the molecule is CC(C)(C)C[C@H]1CCCN1C(=S)NC1CC1. The van der Waals surface area contributed by atoms with Crippen molar-refractivity contribution in [2.45, 2.75) is 65.0 Å². The van der Waals surface area contributed by atoms with Gasteiger partial charge in [-0.3, -0.25) is 0 Å². The van der Waals surface area contributed by atoms with Crippen molar-refractivity contribution in [1.29, 1.82) is 0 Å². The van der Waals surface area contributed by atoms with E-state index in [1.54, 1.807) is 0 Å². The van der Waals surface area contributed by atoms with Gasteiger partial charge in [-0.15, -0.1) is 0 Å². The van der Waals surface area contributed by atoms with E-state index in [0.717, 1.165) is 11.7 Å². The summed E-state index contributed by atoms with van der Waals surface area (Å²) >= 11 is 5.51. The molecule has 1 aliphatic carbocycles. The van der Waals surface area contributed by atoms with E-state index >= 15 is 0 Å². The number of rotatable bonds is 2. The van der Waals surface area contributed by atoms with Crippen molar-refractivity contribution in [3.63, 3.8) is 0 Å². The number of hydrogen-bond acceptors (Lipinski definition) is 1. The van der Waals surface area contributed by atoms with Crippen LogP contribution in [0.1, 0.15) is 52.9 Å².